The number of carbonyl (C=O) groups excluding carboxylic acids is 1. The summed E-state index contributed by atoms with van der Waals surface area (Å²) in [4.78, 5) is 16.8. The second kappa shape index (κ2) is 6.68. The number of hydrogen-bond acceptors (Lipinski definition) is 4. The van der Waals surface area contributed by atoms with Gasteiger partial charge in [0, 0.05) is 25.7 Å². The van der Waals surface area contributed by atoms with Gasteiger partial charge in [-0.1, -0.05) is 0 Å². The zero-order valence-corrected chi connectivity index (χ0v) is 12.2. The fourth-order valence-electron chi connectivity index (χ4n) is 3.13. The van der Waals surface area contributed by atoms with E-state index in [9.17, 15) is 4.79 Å². The SMILES string of the molecule is CC1CCC(CN)CN1C(C)C(=O)N1CCOCC1. The van der Waals surface area contributed by atoms with Gasteiger partial charge in [-0.05, 0) is 39.2 Å². The number of morpholine rings is 1. The molecule has 110 valence electrons. The van der Waals surface area contributed by atoms with Crippen molar-refractivity contribution in [2.24, 2.45) is 11.7 Å². The number of nitrogens with zero attached hydrogens (tertiary/aromatic N) is 2. The molecule has 19 heavy (non-hydrogen) atoms. The first-order valence-corrected chi connectivity index (χ1v) is 7.45. The molecule has 0 bridgehead atoms. The Labute approximate surface area is 116 Å². The third-order valence-electron chi connectivity index (χ3n) is 4.54. The Bertz CT molecular complexity index is 305. The van der Waals surface area contributed by atoms with E-state index in [0.29, 0.717) is 25.2 Å². The van der Waals surface area contributed by atoms with Crippen LogP contribution >= 0.6 is 0 Å². The third kappa shape index (κ3) is 3.46. The molecule has 1 amide bonds. The first-order valence-electron chi connectivity index (χ1n) is 7.45. The van der Waals surface area contributed by atoms with Crippen molar-refractivity contribution in [3.8, 4) is 0 Å². The molecule has 0 aromatic rings. The average Bonchev–Trinajstić information content (AvgIpc) is 2.47. The van der Waals surface area contributed by atoms with Gasteiger partial charge in [0.05, 0.1) is 19.3 Å². The van der Waals surface area contributed by atoms with Crippen LogP contribution in [0.15, 0.2) is 0 Å². The van der Waals surface area contributed by atoms with Crippen molar-refractivity contribution < 1.29 is 9.53 Å². The lowest BCUT2D eigenvalue weighted by molar-refractivity contribution is -0.142. The summed E-state index contributed by atoms with van der Waals surface area (Å²) in [7, 11) is 0. The molecule has 3 unspecified atom stereocenters. The van der Waals surface area contributed by atoms with Crippen molar-refractivity contribution in [3.63, 3.8) is 0 Å². The number of rotatable bonds is 3. The number of likely N-dealkylation sites (tertiary alicyclic amines) is 1. The summed E-state index contributed by atoms with van der Waals surface area (Å²) in [6, 6.07) is 0.435. The summed E-state index contributed by atoms with van der Waals surface area (Å²) in [5.41, 5.74) is 5.79. The Kier molecular flexibility index (Phi) is 5.19. The molecule has 2 fully saturated rings. The van der Waals surface area contributed by atoms with Crippen LogP contribution in [0, 0.1) is 5.92 Å². The summed E-state index contributed by atoms with van der Waals surface area (Å²) >= 11 is 0. The zero-order chi connectivity index (χ0) is 13.8. The maximum Gasteiger partial charge on any atom is 0.239 e. The first kappa shape index (κ1) is 14.8. The van der Waals surface area contributed by atoms with Gasteiger partial charge in [0.1, 0.15) is 0 Å². The van der Waals surface area contributed by atoms with E-state index in [1.807, 2.05) is 11.8 Å². The van der Waals surface area contributed by atoms with E-state index < -0.39 is 0 Å². The van der Waals surface area contributed by atoms with E-state index in [2.05, 4.69) is 11.8 Å². The van der Waals surface area contributed by atoms with Crippen LogP contribution in [0.2, 0.25) is 0 Å². The predicted molar refractivity (Wildman–Crippen MR) is 74.8 cm³/mol. The highest BCUT2D eigenvalue weighted by Gasteiger charge is 2.33. The highest BCUT2D eigenvalue weighted by atomic mass is 16.5. The molecule has 0 aliphatic carbocycles. The van der Waals surface area contributed by atoms with Crippen molar-refractivity contribution in [2.45, 2.75) is 38.8 Å². The topological polar surface area (TPSA) is 58.8 Å². The van der Waals surface area contributed by atoms with Crippen molar-refractivity contribution in [3.05, 3.63) is 0 Å². The van der Waals surface area contributed by atoms with Crippen LogP contribution in [0.25, 0.3) is 0 Å². The summed E-state index contributed by atoms with van der Waals surface area (Å²) in [6.45, 7) is 8.72. The summed E-state index contributed by atoms with van der Waals surface area (Å²) in [5.74, 6) is 0.781. The molecule has 0 spiro atoms. The van der Waals surface area contributed by atoms with E-state index in [1.165, 1.54) is 6.42 Å². The van der Waals surface area contributed by atoms with E-state index >= 15 is 0 Å². The lowest BCUT2D eigenvalue weighted by Gasteiger charge is -2.42. The molecule has 3 atom stereocenters. The fourth-order valence-corrected chi connectivity index (χ4v) is 3.13. The highest BCUT2D eigenvalue weighted by molar-refractivity contribution is 5.81. The van der Waals surface area contributed by atoms with E-state index in [0.717, 1.165) is 32.6 Å². The lowest BCUT2D eigenvalue weighted by atomic mass is 9.92. The number of amides is 1. The van der Waals surface area contributed by atoms with Crippen LogP contribution in [0.5, 0.6) is 0 Å². The Balaban J connectivity index is 1.96. The van der Waals surface area contributed by atoms with Crippen molar-refractivity contribution in [2.75, 3.05) is 39.4 Å². The minimum atomic E-state index is -0.0394. The molecule has 0 aromatic heterocycles. The van der Waals surface area contributed by atoms with Gasteiger partial charge in [-0.15, -0.1) is 0 Å². The molecular formula is C14H27N3O2. The molecular weight excluding hydrogens is 242 g/mol. The second-order valence-electron chi connectivity index (χ2n) is 5.84. The molecule has 0 aromatic carbocycles. The Morgan fingerprint density at radius 3 is 2.68 bits per heavy atom. The summed E-state index contributed by atoms with van der Waals surface area (Å²) < 4.78 is 5.31. The molecule has 2 rings (SSSR count). The van der Waals surface area contributed by atoms with Gasteiger partial charge in [0.2, 0.25) is 5.91 Å². The third-order valence-corrected chi connectivity index (χ3v) is 4.54. The van der Waals surface area contributed by atoms with Crippen LogP contribution in [-0.2, 0) is 9.53 Å². The van der Waals surface area contributed by atoms with Crippen molar-refractivity contribution >= 4 is 5.91 Å². The molecule has 5 heteroatoms. The van der Waals surface area contributed by atoms with E-state index in [4.69, 9.17) is 10.5 Å². The van der Waals surface area contributed by atoms with Crippen molar-refractivity contribution in [1.82, 2.24) is 9.80 Å². The zero-order valence-electron chi connectivity index (χ0n) is 12.2. The lowest BCUT2D eigenvalue weighted by Crippen LogP contribution is -2.55. The van der Waals surface area contributed by atoms with Gasteiger partial charge < -0.3 is 15.4 Å². The van der Waals surface area contributed by atoms with Gasteiger partial charge in [0.25, 0.3) is 0 Å². The Morgan fingerprint density at radius 2 is 2.05 bits per heavy atom. The maximum absolute atomic E-state index is 12.5. The van der Waals surface area contributed by atoms with Crippen LogP contribution < -0.4 is 5.73 Å². The number of hydrogen-bond donors (Lipinski definition) is 1. The minimum Gasteiger partial charge on any atom is -0.378 e. The molecule has 0 saturated carbocycles. The predicted octanol–water partition coefficient (Wildman–Crippen LogP) is 0.293. The van der Waals surface area contributed by atoms with E-state index in [-0.39, 0.29) is 11.9 Å². The van der Waals surface area contributed by atoms with Gasteiger partial charge in [-0.25, -0.2) is 0 Å². The minimum absolute atomic E-state index is 0.0394. The standard InChI is InChI=1S/C14H27N3O2/c1-11-3-4-13(9-15)10-17(11)12(2)14(18)16-5-7-19-8-6-16/h11-13H,3-10,15H2,1-2H3. The highest BCUT2D eigenvalue weighted by Crippen LogP contribution is 2.24. The molecule has 5 nitrogen and oxygen atoms in total. The summed E-state index contributed by atoms with van der Waals surface area (Å²) in [5, 5.41) is 0. The van der Waals surface area contributed by atoms with Crippen LogP contribution in [0.3, 0.4) is 0 Å². The molecule has 2 N–H and O–H groups in total. The Morgan fingerprint density at radius 1 is 1.37 bits per heavy atom. The molecule has 2 saturated heterocycles. The van der Waals surface area contributed by atoms with Crippen molar-refractivity contribution in [1.29, 1.82) is 0 Å². The molecule has 2 aliphatic heterocycles. The normalized spacial score (nSPS) is 31.2. The maximum atomic E-state index is 12.5. The number of piperidine rings is 1. The second-order valence-corrected chi connectivity index (χ2v) is 5.84. The quantitative estimate of drug-likeness (QED) is 0.800. The Hall–Kier alpha value is -0.650. The van der Waals surface area contributed by atoms with Crippen LogP contribution in [0.1, 0.15) is 26.7 Å². The fraction of sp³-hybridized carbons (Fsp3) is 0.929. The van der Waals surface area contributed by atoms with Gasteiger partial charge in [-0.3, -0.25) is 9.69 Å². The number of carbonyl (C=O) groups is 1. The first-order chi connectivity index (χ1) is 9.13. The van der Waals surface area contributed by atoms with Gasteiger partial charge in [0.15, 0.2) is 0 Å². The van der Waals surface area contributed by atoms with E-state index in [1.54, 1.807) is 0 Å². The van der Waals surface area contributed by atoms with Gasteiger partial charge in [-0.2, -0.15) is 0 Å². The number of nitrogens with two attached hydrogens (primary N) is 1. The number of ether oxygens (including phenoxy) is 1. The van der Waals surface area contributed by atoms with Gasteiger partial charge >= 0.3 is 0 Å². The molecule has 2 heterocycles. The monoisotopic (exact) mass is 269 g/mol. The largest absolute Gasteiger partial charge is 0.378 e. The smallest absolute Gasteiger partial charge is 0.239 e. The van der Waals surface area contributed by atoms with Crippen LogP contribution in [0.4, 0.5) is 0 Å². The summed E-state index contributed by atoms with van der Waals surface area (Å²) in [6.07, 6.45) is 2.33. The molecule has 0 radical (unpaired) electrons. The van der Waals surface area contributed by atoms with Crippen LogP contribution in [-0.4, -0.2) is 67.2 Å². The molecule has 2 aliphatic rings. The average molecular weight is 269 g/mol.